The van der Waals surface area contributed by atoms with Crippen LogP contribution in [-0.2, 0) is 27.4 Å². The van der Waals surface area contributed by atoms with E-state index in [4.69, 9.17) is 14.2 Å². The number of rotatable bonds is 2. The number of amides is 2. The Morgan fingerprint density at radius 1 is 1.15 bits per heavy atom. The van der Waals surface area contributed by atoms with Gasteiger partial charge < -0.3 is 24.1 Å². The van der Waals surface area contributed by atoms with Gasteiger partial charge in [0, 0.05) is 30.1 Å². The number of fused-ring (bicyclic) bond motifs is 5. The van der Waals surface area contributed by atoms with Crippen molar-refractivity contribution in [3.8, 4) is 0 Å². The van der Waals surface area contributed by atoms with E-state index in [1.165, 1.54) is 12.1 Å². The molecule has 1 aromatic heterocycles. The number of piperidine rings is 1. The molecule has 2 unspecified atom stereocenters. The molecular formula is C25H32FN3O5. The van der Waals surface area contributed by atoms with Crippen LogP contribution < -0.4 is 5.32 Å². The van der Waals surface area contributed by atoms with E-state index in [1.807, 2.05) is 20.8 Å². The lowest BCUT2D eigenvalue weighted by atomic mass is 9.90. The van der Waals surface area contributed by atoms with Crippen LogP contribution in [0, 0.1) is 5.82 Å². The fourth-order valence-electron chi connectivity index (χ4n) is 5.44. The quantitative estimate of drug-likeness (QED) is 0.721. The Labute approximate surface area is 198 Å². The summed E-state index contributed by atoms with van der Waals surface area (Å²) in [6.45, 7) is 8.02. The second-order valence-electron chi connectivity index (χ2n) is 10.4. The summed E-state index contributed by atoms with van der Waals surface area (Å²) in [5, 5.41) is 3.78. The van der Waals surface area contributed by atoms with Crippen molar-refractivity contribution in [3.63, 3.8) is 0 Å². The molecule has 8 nitrogen and oxygen atoms in total. The van der Waals surface area contributed by atoms with Crippen LogP contribution >= 0.6 is 0 Å². The van der Waals surface area contributed by atoms with Gasteiger partial charge in [0.1, 0.15) is 11.4 Å². The van der Waals surface area contributed by atoms with Crippen LogP contribution in [0.15, 0.2) is 18.2 Å². The Bertz CT molecular complexity index is 1090. The lowest BCUT2D eigenvalue weighted by Crippen LogP contribution is -2.63. The molecule has 3 aliphatic rings. The highest BCUT2D eigenvalue weighted by molar-refractivity contribution is 6.08. The third-order valence-corrected chi connectivity index (χ3v) is 6.73. The Balaban J connectivity index is 1.38. The van der Waals surface area contributed by atoms with E-state index < -0.39 is 5.60 Å². The first kappa shape index (κ1) is 23.1. The first-order chi connectivity index (χ1) is 16.2. The zero-order valence-corrected chi connectivity index (χ0v) is 19.9. The zero-order chi connectivity index (χ0) is 24.0. The Kier molecular flexibility index (Phi) is 6.02. The molecule has 1 N–H and O–H groups in total. The van der Waals surface area contributed by atoms with Gasteiger partial charge in [-0.1, -0.05) is 0 Å². The fraction of sp³-hybridized carbons (Fsp3) is 0.600. The second-order valence-corrected chi connectivity index (χ2v) is 10.4. The van der Waals surface area contributed by atoms with E-state index in [9.17, 15) is 14.0 Å². The van der Waals surface area contributed by atoms with Gasteiger partial charge in [-0.2, -0.15) is 0 Å². The number of carbonyl (C=O) groups is 2. The maximum atomic E-state index is 14.1. The van der Waals surface area contributed by atoms with Crippen LogP contribution in [0.25, 0.3) is 10.9 Å². The molecule has 2 amide bonds. The van der Waals surface area contributed by atoms with Gasteiger partial charge in [-0.25, -0.2) is 9.18 Å². The van der Waals surface area contributed by atoms with Gasteiger partial charge in [-0.15, -0.1) is 0 Å². The Hall–Kier alpha value is -2.65. The molecule has 1 aromatic carbocycles. The van der Waals surface area contributed by atoms with Crippen molar-refractivity contribution in [2.75, 3.05) is 19.8 Å². The molecule has 4 heterocycles. The number of halogens is 1. The molecule has 2 saturated heterocycles. The van der Waals surface area contributed by atoms with E-state index in [0.717, 1.165) is 24.2 Å². The van der Waals surface area contributed by atoms with Crippen molar-refractivity contribution in [2.24, 2.45) is 0 Å². The summed E-state index contributed by atoms with van der Waals surface area (Å²) < 4.78 is 33.3. The number of ether oxygens (including phenoxy) is 3. The first-order valence-corrected chi connectivity index (χ1v) is 12.0. The number of carbonyl (C=O) groups excluding carboxylic acids is 2. The largest absolute Gasteiger partial charge is 0.444 e. The maximum Gasteiger partial charge on any atom is 0.410 e. The van der Waals surface area contributed by atoms with Crippen molar-refractivity contribution in [1.29, 1.82) is 0 Å². The molecule has 0 aliphatic carbocycles. The highest BCUT2D eigenvalue weighted by atomic mass is 19.1. The molecule has 2 aromatic rings. The topological polar surface area (TPSA) is 82.0 Å². The Morgan fingerprint density at radius 3 is 2.59 bits per heavy atom. The van der Waals surface area contributed by atoms with Crippen molar-refractivity contribution >= 4 is 22.9 Å². The summed E-state index contributed by atoms with van der Waals surface area (Å²) in [4.78, 5) is 28.2. The molecular weight excluding hydrogens is 441 g/mol. The molecule has 184 valence electrons. The van der Waals surface area contributed by atoms with Crippen molar-refractivity contribution in [3.05, 3.63) is 35.3 Å². The number of nitrogens with zero attached hydrogens (tertiary/aromatic N) is 2. The molecule has 0 saturated carbocycles. The standard InChI is InChI=1S/C25H32FN3O5/c1-25(2,3)34-24(31)29-17-10-16(11-18(29)13-33-12-17)27-23(30)22-19-9-15(26)5-6-20(19)28-7-4-8-32-14-21(22)28/h5-6,9,16-18H,4,7-8,10-14H2,1-3H3,(H,27,30). The van der Waals surface area contributed by atoms with Crippen LogP contribution in [-0.4, -0.2) is 65.0 Å². The van der Waals surface area contributed by atoms with Gasteiger partial charge in [0.25, 0.3) is 5.91 Å². The van der Waals surface area contributed by atoms with Gasteiger partial charge in [-0.3, -0.25) is 9.69 Å². The molecule has 5 rings (SSSR count). The summed E-state index contributed by atoms with van der Waals surface area (Å²) in [5.74, 6) is -0.606. The summed E-state index contributed by atoms with van der Waals surface area (Å²) >= 11 is 0. The van der Waals surface area contributed by atoms with Crippen LogP contribution in [0.4, 0.5) is 9.18 Å². The van der Waals surface area contributed by atoms with E-state index in [-0.39, 0.29) is 35.9 Å². The SMILES string of the molecule is CC(C)(C)OC(=O)N1C2COCC1CC(NC(=O)c1c3n(c4ccc(F)cc14)CCCOC3)C2. The predicted octanol–water partition coefficient (Wildman–Crippen LogP) is 3.60. The van der Waals surface area contributed by atoms with E-state index in [2.05, 4.69) is 9.88 Å². The van der Waals surface area contributed by atoms with Crippen molar-refractivity contribution in [2.45, 2.75) is 76.9 Å². The monoisotopic (exact) mass is 473 g/mol. The molecule has 2 atom stereocenters. The zero-order valence-electron chi connectivity index (χ0n) is 19.9. The third kappa shape index (κ3) is 4.38. The normalized spacial score (nSPS) is 24.9. The molecule has 3 aliphatic heterocycles. The van der Waals surface area contributed by atoms with Crippen molar-refractivity contribution in [1.82, 2.24) is 14.8 Å². The number of nitrogens with one attached hydrogen (secondary N) is 1. The van der Waals surface area contributed by atoms with Crippen LogP contribution in [0.2, 0.25) is 0 Å². The van der Waals surface area contributed by atoms with Crippen molar-refractivity contribution < 1.29 is 28.2 Å². The van der Waals surface area contributed by atoms with E-state index in [0.29, 0.717) is 50.2 Å². The number of morpholine rings is 1. The minimum atomic E-state index is -0.580. The molecule has 2 fully saturated rings. The van der Waals surface area contributed by atoms with E-state index in [1.54, 1.807) is 11.0 Å². The number of benzene rings is 1. The maximum absolute atomic E-state index is 14.1. The molecule has 0 spiro atoms. The van der Waals surface area contributed by atoms with E-state index >= 15 is 0 Å². The molecule has 0 radical (unpaired) electrons. The third-order valence-electron chi connectivity index (χ3n) is 6.73. The average Bonchev–Trinajstić information content (AvgIpc) is 2.87. The number of hydrogen-bond acceptors (Lipinski definition) is 5. The predicted molar refractivity (Wildman–Crippen MR) is 123 cm³/mol. The van der Waals surface area contributed by atoms with Crippen LogP contribution in [0.5, 0.6) is 0 Å². The number of hydrogen-bond donors (Lipinski definition) is 1. The first-order valence-electron chi connectivity index (χ1n) is 12.0. The number of aromatic nitrogens is 1. The average molecular weight is 474 g/mol. The Morgan fingerprint density at radius 2 is 1.88 bits per heavy atom. The molecule has 9 heteroatoms. The van der Waals surface area contributed by atoms with Gasteiger partial charge in [-0.05, 0) is 58.2 Å². The minimum absolute atomic E-state index is 0.129. The summed E-state index contributed by atoms with van der Waals surface area (Å²) in [5.41, 5.74) is 1.53. The lowest BCUT2D eigenvalue weighted by Gasteiger charge is -2.48. The highest BCUT2D eigenvalue weighted by Gasteiger charge is 2.44. The second kappa shape index (κ2) is 8.85. The van der Waals surface area contributed by atoms with Gasteiger partial charge in [0.15, 0.2) is 0 Å². The van der Waals surface area contributed by atoms with Gasteiger partial charge in [0.2, 0.25) is 0 Å². The highest BCUT2D eigenvalue weighted by Crippen LogP contribution is 2.32. The summed E-state index contributed by atoms with van der Waals surface area (Å²) in [6, 6.07) is 4.12. The minimum Gasteiger partial charge on any atom is -0.444 e. The van der Waals surface area contributed by atoms with Crippen LogP contribution in [0.3, 0.4) is 0 Å². The van der Waals surface area contributed by atoms with Gasteiger partial charge in [0.05, 0.1) is 43.2 Å². The molecule has 2 bridgehead atoms. The molecule has 34 heavy (non-hydrogen) atoms. The number of aryl methyl sites for hydroxylation is 1. The smallest absolute Gasteiger partial charge is 0.410 e. The fourth-order valence-corrected chi connectivity index (χ4v) is 5.44. The lowest BCUT2D eigenvalue weighted by molar-refractivity contribution is -0.0835. The summed E-state index contributed by atoms with van der Waals surface area (Å²) in [6.07, 6.45) is 1.63. The summed E-state index contributed by atoms with van der Waals surface area (Å²) in [7, 11) is 0. The van der Waals surface area contributed by atoms with Crippen LogP contribution in [0.1, 0.15) is 56.1 Å². The van der Waals surface area contributed by atoms with Gasteiger partial charge >= 0.3 is 6.09 Å².